The van der Waals surface area contributed by atoms with Crippen molar-refractivity contribution in [3.05, 3.63) is 29.3 Å². The first kappa shape index (κ1) is 15.7. The second-order valence-electron chi connectivity index (χ2n) is 5.22. The van der Waals surface area contributed by atoms with Crippen LogP contribution in [0.3, 0.4) is 0 Å². The SMILES string of the molecule is Cc1cccc(OCC(=O)NC2(C(=O)O)CCSC2)c1C. The lowest BCUT2D eigenvalue weighted by atomic mass is 9.99. The summed E-state index contributed by atoms with van der Waals surface area (Å²) in [4.78, 5) is 23.3. The number of carbonyl (C=O) groups is 2. The highest BCUT2D eigenvalue weighted by atomic mass is 32.2. The number of rotatable bonds is 5. The molecule has 0 radical (unpaired) electrons. The molecular weight excluding hydrogens is 290 g/mol. The van der Waals surface area contributed by atoms with Crippen LogP contribution in [0.4, 0.5) is 0 Å². The maximum atomic E-state index is 12.0. The van der Waals surface area contributed by atoms with Crippen molar-refractivity contribution in [3.8, 4) is 5.75 Å². The molecule has 1 aliphatic rings. The summed E-state index contributed by atoms with van der Waals surface area (Å²) in [5.41, 5.74) is 0.920. The number of aryl methyl sites for hydroxylation is 1. The highest BCUT2D eigenvalue weighted by Gasteiger charge is 2.43. The van der Waals surface area contributed by atoms with Gasteiger partial charge in [-0.15, -0.1) is 0 Å². The Morgan fingerprint density at radius 1 is 1.43 bits per heavy atom. The molecule has 114 valence electrons. The smallest absolute Gasteiger partial charge is 0.330 e. The summed E-state index contributed by atoms with van der Waals surface area (Å²) in [5, 5.41) is 11.9. The van der Waals surface area contributed by atoms with Crippen molar-refractivity contribution in [1.29, 1.82) is 0 Å². The van der Waals surface area contributed by atoms with Gasteiger partial charge in [-0.2, -0.15) is 11.8 Å². The number of thioether (sulfide) groups is 1. The number of benzene rings is 1. The first-order valence-corrected chi connectivity index (χ1v) is 7.91. The van der Waals surface area contributed by atoms with Gasteiger partial charge in [0.2, 0.25) is 0 Å². The second kappa shape index (κ2) is 6.39. The molecule has 1 unspecified atom stereocenters. The molecule has 6 heteroatoms. The minimum atomic E-state index is -1.15. The lowest BCUT2D eigenvalue weighted by molar-refractivity contribution is -0.146. The van der Waals surface area contributed by atoms with Gasteiger partial charge in [0, 0.05) is 5.75 Å². The molecule has 2 N–H and O–H groups in total. The third-order valence-electron chi connectivity index (χ3n) is 3.72. The molecule has 2 rings (SSSR count). The van der Waals surface area contributed by atoms with Crippen LogP contribution in [0.25, 0.3) is 0 Å². The van der Waals surface area contributed by atoms with E-state index in [4.69, 9.17) is 4.74 Å². The number of carboxylic acid groups (broad SMARTS) is 1. The van der Waals surface area contributed by atoms with Crippen molar-refractivity contribution >= 4 is 23.6 Å². The summed E-state index contributed by atoms with van der Waals surface area (Å²) in [5.74, 6) is 0.408. The normalized spacial score (nSPS) is 21.0. The number of carbonyl (C=O) groups excluding carboxylic acids is 1. The standard InChI is InChI=1S/C15H19NO4S/c1-10-4-3-5-12(11(10)2)20-8-13(17)16-15(14(18)19)6-7-21-9-15/h3-5H,6-9H2,1-2H3,(H,16,17)(H,18,19). The van der Waals surface area contributed by atoms with Gasteiger partial charge in [-0.1, -0.05) is 12.1 Å². The zero-order chi connectivity index (χ0) is 15.5. The predicted octanol–water partition coefficient (Wildman–Crippen LogP) is 1.76. The minimum Gasteiger partial charge on any atom is -0.483 e. The van der Waals surface area contributed by atoms with Crippen molar-refractivity contribution in [2.75, 3.05) is 18.1 Å². The van der Waals surface area contributed by atoms with Crippen LogP contribution in [0.2, 0.25) is 0 Å². The Morgan fingerprint density at radius 3 is 2.81 bits per heavy atom. The molecule has 0 spiro atoms. The quantitative estimate of drug-likeness (QED) is 0.867. The van der Waals surface area contributed by atoms with Gasteiger partial charge in [0.15, 0.2) is 6.61 Å². The Morgan fingerprint density at radius 2 is 2.19 bits per heavy atom. The van der Waals surface area contributed by atoms with E-state index in [1.54, 1.807) is 6.07 Å². The number of hydrogen-bond donors (Lipinski definition) is 2. The largest absolute Gasteiger partial charge is 0.483 e. The zero-order valence-electron chi connectivity index (χ0n) is 12.1. The van der Waals surface area contributed by atoms with Gasteiger partial charge in [0.1, 0.15) is 11.3 Å². The minimum absolute atomic E-state index is 0.177. The third-order valence-corrected chi connectivity index (χ3v) is 4.91. The number of ether oxygens (including phenoxy) is 1. The van der Waals surface area contributed by atoms with E-state index < -0.39 is 17.4 Å². The van der Waals surface area contributed by atoms with Gasteiger partial charge in [0.25, 0.3) is 5.91 Å². The molecule has 1 fully saturated rings. The van der Waals surface area contributed by atoms with Crippen molar-refractivity contribution in [3.63, 3.8) is 0 Å². The first-order valence-electron chi connectivity index (χ1n) is 6.76. The van der Waals surface area contributed by atoms with Crippen molar-refractivity contribution in [1.82, 2.24) is 5.32 Å². The molecule has 1 aromatic rings. The van der Waals surface area contributed by atoms with E-state index in [0.717, 1.165) is 16.9 Å². The van der Waals surface area contributed by atoms with Crippen molar-refractivity contribution in [2.24, 2.45) is 0 Å². The number of carboxylic acids is 1. The van der Waals surface area contributed by atoms with Crippen LogP contribution in [0.5, 0.6) is 5.75 Å². The summed E-state index contributed by atoms with van der Waals surface area (Å²) < 4.78 is 5.50. The Kier molecular flexibility index (Phi) is 4.77. The summed E-state index contributed by atoms with van der Waals surface area (Å²) in [6.07, 6.45) is 0.447. The Labute approximate surface area is 128 Å². The average molecular weight is 309 g/mol. The van der Waals surface area contributed by atoms with E-state index in [1.807, 2.05) is 26.0 Å². The fourth-order valence-electron chi connectivity index (χ4n) is 2.21. The van der Waals surface area contributed by atoms with E-state index >= 15 is 0 Å². The molecule has 0 saturated carbocycles. The van der Waals surface area contributed by atoms with Gasteiger partial charge in [0.05, 0.1) is 0 Å². The lowest BCUT2D eigenvalue weighted by Crippen LogP contribution is -2.55. The van der Waals surface area contributed by atoms with E-state index in [1.165, 1.54) is 11.8 Å². The summed E-state index contributed by atoms with van der Waals surface area (Å²) >= 11 is 1.53. The monoisotopic (exact) mass is 309 g/mol. The zero-order valence-corrected chi connectivity index (χ0v) is 13.0. The maximum absolute atomic E-state index is 12.0. The molecule has 0 aliphatic carbocycles. The Hall–Kier alpha value is -1.69. The van der Waals surface area contributed by atoms with Gasteiger partial charge in [-0.25, -0.2) is 4.79 Å². The molecule has 1 aromatic carbocycles. The predicted molar refractivity (Wildman–Crippen MR) is 81.9 cm³/mol. The maximum Gasteiger partial charge on any atom is 0.330 e. The average Bonchev–Trinajstić information content (AvgIpc) is 2.90. The number of hydrogen-bond acceptors (Lipinski definition) is 4. The molecule has 1 aliphatic heterocycles. The van der Waals surface area contributed by atoms with Crippen LogP contribution < -0.4 is 10.1 Å². The second-order valence-corrected chi connectivity index (χ2v) is 6.33. The van der Waals surface area contributed by atoms with E-state index in [0.29, 0.717) is 17.9 Å². The number of aliphatic carboxylic acids is 1. The van der Waals surface area contributed by atoms with Crippen LogP contribution in [0, 0.1) is 13.8 Å². The van der Waals surface area contributed by atoms with E-state index in [2.05, 4.69) is 5.32 Å². The highest BCUT2D eigenvalue weighted by Crippen LogP contribution is 2.28. The molecule has 5 nitrogen and oxygen atoms in total. The Balaban J connectivity index is 1.96. The summed E-state index contributed by atoms with van der Waals surface area (Å²) in [7, 11) is 0. The molecule has 1 atom stereocenters. The molecule has 0 bridgehead atoms. The van der Waals surface area contributed by atoms with Crippen LogP contribution in [-0.4, -0.2) is 40.6 Å². The fraction of sp³-hybridized carbons (Fsp3) is 0.467. The van der Waals surface area contributed by atoms with Gasteiger partial charge in [-0.05, 0) is 43.2 Å². The van der Waals surface area contributed by atoms with Crippen LogP contribution >= 0.6 is 11.8 Å². The van der Waals surface area contributed by atoms with Crippen molar-refractivity contribution in [2.45, 2.75) is 25.8 Å². The van der Waals surface area contributed by atoms with Crippen LogP contribution in [-0.2, 0) is 9.59 Å². The first-order chi connectivity index (χ1) is 9.94. The molecule has 21 heavy (non-hydrogen) atoms. The number of nitrogens with one attached hydrogen (secondary N) is 1. The van der Waals surface area contributed by atoms with E-state index in [9.17, 15) is 14.7 Å². The highest BCUT2D eigenvalue weighted by molar-refractivity contribution is 7.99. The third kappa shape index (κ3) is 3.50. The van der Waals surface area contributed by atoms with Gasteiger partial charge >= 0.3 is 5.97 Å². The summed E-state index contributed by atoms with van der Waals surface area (Å²) in [6, 6.07) is 5.63. The summed E-state index contributed by atoms with van der Waals surface area (Å²) in [6.45, 7) is 3.72. The number of amides is 1. The molecule has 1 heterocycles. The van der Waals surface area contributed by atoms with Gasteiger partial charge < -0.3 is 15.2 Å². The topological polar surface area (TPSA) is 75.6 Å². The molecule has 1 amide bonds. The van der Waals surface area contributed by atoms with E-state index in [-0.39, 0.29) is 6.61 Å². The lowest BCUT2D eigenvalue weighted by Gasteiger charge is -2.24. The van der Waals surface area contributed by atoms with Crippen LogP contribution in [0.15, 0.2) is 18.2 Å². The fourth-order valence-corrected chi connectivity index (χ4v) is 3.54. The van der Waals surface area contributed by atoms with Crippen molar-refractivity contribution < 1.29 is 19.4 Å². The molecule has 1 saturated heterocycles. The van der Waals surface area contributed by atoms with Gasteiger partial charge in [-0.3, -0.25) is 4.79 Å². The molecule has 0 aromatic heterocycles. The molecular formula is C15H19NO4S. The Bertz CT molecular complexity index is 553. The van der Waals surface area contributed by atoms with Crippen LogP contribution in [0.1, 0.15) is 17.5 Å².